The highest BCUT2D eigenvalue weighted by Gasteiger charge is 2.21. The lowest BCUT2D eigenvalue weighted by molar-refractivity contribution is 1.38. The van der Waals surface area contributed by atoms with Crippen molar-refractivity contribution in [1.82, 2.24) is 0 Å². The number of benzene rings is 5. The molecule has 0 aliphatic heterocycles. The summed E-state index contributed by atoms with van der Waals surface area (Å²) in [5.41, 5.74) is 14.4. The lowest BCUT2D eigenvalue weighted by Gasteiger charge is -2.14. The van der Waals surface area contributed by atoms with Gasteiger partial charge in [-0.1, -0.05) is 114 Å². The first-order valence-corrected chi connectivity index (χ1v) is 12.7. The van der Waals surface area contributed by atoms with Crippen LogP contribution in [0, 0.1) is 20.8 Å². The monoisotopic (exact) mass is 462 g/mol. The van der Waals surface area contributed by atoms with Crippen LogP contribution in [0.1, 0.15) is 39.8 Å². The highest BCUT2D eigenvalue weighted by atomic mass is 14.2. The number of hydrogen-bond donors (Lipinski definition) is 0. The molecule has 0 bridgehead atoms. The third-order valence-electron chi connectivity index (χ3n) is 7.34. The standard InChI is InChI=1S/C36H30/c1-24-9-14-27(15-10-24)31-21-34(29-16-11-25(2)12-17-29)36(22-31)32-20-30-18-13-26(3)19-33(30)35(23-32)28-7-5-4-6-8-28/h4-20,22-23H,21H2,1-3H3. The van der Waals surface area contributed by atoms with E-state index in [1.165, 1.54) is 72.0 Å². The summed E-state index contributed by atoms with van der Waals surface area (Å²) in [6.07, 6.45) is 3.36. The van der Waals surface area contributed by atoms with Crippen molar-refractivity contribution in [3.8, 4) is 11.1 Å². The Balaban J connectivity index is 1.58. The fraction of sp³-hybridized carbons (Fsp3) is 0.111. The van der Waals surface area contributed by atoms with E-state index in [4.69, 9.17) is 0 Å². The minimum atomic E-state index is 0.939. The molecule has 1 aliphatic rings. The SMILES string of the molecule is Cc1ccc(C2=CC(c3cc(-c4ccccc4)c4cc(C)ccc4c3)=C(c3ccc(C)cc3)C2)cc1. The van der Waals surface area contributed by atoms with Gasteiger partial charge in [-0.3, -0.25) is 0 Å². The lowest BCUT2D eigenvalue weighted by atomic mass is 9.90. The Kier molecular flexibility index (Phi) is 5.66. The van der Waals surface area contributed by atoms with Crippen LogP contribution in [0.2, 0.25) is 0 Å². The maximum atomic E-state index is 2.42. The average molecular weight is 463 g/mol. The van der Waals surface area contributed by atoms with Crippen molar-refractivity contribution >= 4 is 27.5 Å². The van der Waals surface area contributed by atoms with Gasteiger partial charge in [0.1, 0.15) is 0 Å². The molecule has 0 atom stereocenters. The van der Waals surface area contributed by atoms with Crippen molar-refractivity contribution in [2.24, 2.45) is 0 Å². The van der Waals surface area contributed by atoms with Gasteiger partial charge in [-0.2, -0.15) is 0 Å². The molecular formula is C36H30. The predicted molar refractivity (Wildman–Crippen MR) is 156 cm³/mol. The van der Waals surface area contributed by atoms with Gasteiger partial charge in [0.15, 0.2) is 0 Å². The van der Waals surface area contributed by atoms with E-state index in [1.807, 2.05) is 0 Å². The number of allylic oxidation sites excluding steroid dienone is 4. The second-order valence-electron chi connectivity index (χ2n) is 10.1. The van der Waals surface area contributed by atoms with Crippen LogP contribution in [0.4, 0.5) is 0 Å². The molecule has 0 radical (unpaired) electrons. The molecular weight excluding hydrogens is 432 g/mol. The summed E-state index contributed by atoms with van der Waals surface area (Å²) in [5, 5.41) is 2.59. The maximum Gasteiger partial charge on any atom is -0.000750 e. The van der Waals surface area contributed by atoms with Crippen molar-refractivity contribution in [3.05, 3.63) is 149 Å². The molecule has 0 unspecified atom stereocenters. The van der Waals surface area contributed by atoms with Gasteiger partial charge in [-0.25, -0.2) is 0 Å². The fourth-order valence-corrected chi connectivity index (χ4v) is 5.30. The molecule has 0 saturated carbocycles. The summed E-state index contributed by atoms with van der Waals surface area (Å²) in [5.74, 6) is 0. The molecule has 5 aromatic carbocycles. The van der Waals surface area contributed by atoms with Crippen LogP contribution in [0.3, 0.4) is 0 Å². The molecule has 0 amide bonds. The van der Waals surface area contributed by atoms with Gasteiger partial charge in [0, 0.05) is 0 Å². The molecule has 0 N–H and O–H groups in total. The van der Waals surface area contributed by atoms with Crippen LogP contribution in [-0.2, 0) is 0 Å². The number of hydrogen-bond acceptors (Lipinski definition) is 0. The van der Waals surface area contributed by atoms with Gasteiger partial charge in [0.25, 0.3) is 0 Å². The topological polar surface area (TPSA) is 0 Å². The van der Waals surface area contributed by atoms with E-state index < -0.39 is 0 Å². The molecule has 0 nitrogen and oxygen atoms in total. The third kappa shape index (κ3) is 4.20. The Hall–Kier alpha value is -4.16. The second kappa shape index (κ2) is 9.13. The fourth-order valence-electron chi connectivity index (χ4n) is 5.30. The quantitative estimate of drug-likeness (QED) is 0.249. The largest absolute Gasteiger partial charge is 0.0622 e. The molecule has 174 valence electrons. The third-order valence-corrected chi connectivity index (χ3v) is 7.34. The molecule has 0 heteroatoms. The van der Waals surface area contributed by atoms with Gasteiger partial charge in [0.05, 0.1) is 0 Å². The van der Waals surface area contributed by atoms with Gasteiger partial charge in [0.2, 0.25) is 0 Å². The summed E-state index contributed by atoms with van der Waals surface area (Å²) in [7, 11) is 0. The van der Waals surface area contributed by atoms with Crippen molar-refractivity contribution in [2.75, 3.05) is 0 Å². The van der Waals surface area contributed by atoms with E-state index in [2.05, 4.69) is 136 Å². The zero-order chi connectivity index (χ0) is 24.6. The smallest absolute Gasteiger partial charge is 0.000750 e. The van der Waals surface area contributed by atoms with Crippen LogP contribution in [0.15, 0.2) is 115 Å². The Labute approximate surface area is 214 Å². The zero-order valence-electron chi connectivity index (χ0n) is 21.2. The van der Waals surface area contributed by atoms with Gasteiger partial charge in [-0.15, -0.1) is 0 Å². The van der Waals surface area contributed by atoms with E-state index >= 15 is 0 Å². The molecule has 0 saturated heterocycles. The van der Waals surface area contributed by atoms with E-state index in [-0.39, 0.29) is 0 Å². The zero-order valence-corrected chi connectivity index (χ0v) is 21.2. The van der Waals surface area contributed by atoms with Crippen molar-refractivity contribution < 1.29 is 0 Å². The maximum absolute atomic E-state index is 2.42. The molecule has 0 aromatic heterocycles. The van der Waals surface area contributed by atoms with E-state index in [1.54, 1.807) is 0 Å². The van der Waals surface area contributed by atoms with Crippen molar-refractivity contribution in [2.45, 2.75) is 27.2 Å². The Bertz CT molecular complexity index is 1630. The molecule has 0 fully saturated rings. The van der Waals surface area contributed by atoms with E-state index in [0.717, 1.165) is 6.42 Å². The molecule has 6 rings (SSSR count). The molecule has 1 aliphatic carbocycles. The normalized spacial score (nSPS) is 13.4. The number of fused-ring (bicyclic) bond motifs is 1. The first-order valence-electron chi connectivity index (χ1n) is 12.7. The van der Waals surface area contributed by atoms with E-state index in [9.17, 15) is 0 Å². The van der Waals surface area contributed by atoms with Crippen LogP contribution in [0.25, 0.3) is 38.6 Å². The van der Waals surface area contributed by atoms with E-state index in [0.29, 0.717) is 0 Å². The molecule has 5 aromatic rings. The van der Waals surface area contributed by atoms with Crippen molar-refractivity contribution in [1.29, 1.82) is 0 Å². The highest BCUT2D eigenvalue weighted by Crippen LogP contribution is 2.44. The molecule has 36 heavy (non-hydrogen) atoms. The summed E-state index contributed by atoms with van der Waals surface area (Å²) >= 11 is 0. The van der Waals surface area contributed by atoms with Gasteiger partial charge < -0.3 is 0 Å². The Morgan fingerprint density at radius 2 is 1.14 bits per heavy atom. The minimum Gasteiger partial charge on any atom is -0.0622 e. The van der Waals surface area contributed by atoms with Crippen molar-refractivity contribution in [3.63, 3.8) is 0 Å². The van der Waals surface area contributed by atoms with Crippen LogP contribution in [0.5, 0.6) is 0 Å². The lowest BCUT2D eigenvalue weighted by Crippen LogP contribution is -1.91. The highest BCUT2D eigenvalue weighted by molar-refractivity contribution is 6.09. The van der Waals surface area contributed by atoms with Crippen LogP contribution < -0.4 is 0 Å². The summed E-state index contributed by atoms with van der Waals surface area (Å²) < 4.78 is 0. The summed E-state index contributed by atoms with van der Waals surface area (Å²) in [4.78, 5) is 0. The minimum absolute atomic E-state index is 0.939. The first kappa shape index (κ1) is 22.3. The summed E-state index contributed by atoms with van der Waals surface area (Å²) in [6.45, 7) is 6.48. The van der Waals surface area contributed by atoms with Gasteiger partial charge >= 0.3 is 0 Å². The number of aryl methyl sites for hydroxylation is 3. The second-order valence-corrected chi connectivity index (χ2v) is 10.1. The molecule has 0 spiro atoms. The Morgan fingerprint density at radius 1 is 0.500 bits per heavy atom. The Morgan fingerprint density at radius 3 is 1.83 bits per heavy atom. The number of rotatable bonds is 4. The first-order chi connectivity index (χ1) is 17.5. The van der Waals surface area contributed by atoms with Crippen LogP contribution in [-0.4, -0.2) is 0 Å². The average Bonchev–Trinajstić information content (AvgIpc) is 3.35. The predicted octanol–water partition coefficient (Wildman–Crippen LogP) is 9.83. The summed E-state index contributed by atoms with van der Waals surface area (Å²) in [6, 6.07) is 40.3. The van der Waals surface area contributed by atoms with Crippen LogP contribution >= 0.6 is 0 Å². The van der Waals surface area contributed by atoms with Gasteiger partial charge in [-0.05, 0) is 101 Å². The molecule has 0 heterocycles.